The molecule has 1 aromatic rings. The van der Waals surface area contributed by atoms with E-state index in [-0.39, 0.29) is 12.4 Å². The summed E-state index contributed by atoms with van der Waals surface area (Å²) in [7, 11) is 0. The molecule has 3 heteroatoms. The van der Waals surface area contributed by atoms with Crippen molar-refractivity contribution in [1.82, 2.24) is 0 Å². The van der Waals surface area contributed by atoms with Gasteiger partial charge in [0.15, 0.2) is 0 Å². The molecule has 2 N–H and O–H groups in total. The van der Waals surface area contributed by atoms with Crippen LogP contribution in [0.5, 0.6) is 0 Å². The molecule has 0 bridgehead atoms. The zero-order valence-corrected chi connectivity index (χ0v) is 9.42. The first-order valence-corrected chi connectivity index (χ1v) is 5.85. The topological polar surface area (TPSA) is 35.2 Å². The van der Waals surface area contributed by atoms with E-state index in [1.54, 1.807) is 12.1 Å². The van der Waals surface area contributed by atoms with Crippen LogP contribution in [0.3, 0.4) is 0 Å². The van der Waals surface area contributed by atoms with Crippen LogP contribution in [-0.4, -0.2) is 6.61 Å². The van der Waals surface area contributed by atoms with Gasteiger partial charge in [-0.05, 0) is 12.3 Å². The Balaban J connectivity index is 1.82. The van der Waals surface area contributed by atoms with E-state index < -0.39 is 0 Å². The Kier molecular flexibility index (Phi) is 3.91. The molecule has 0 aliphatic heterocycles. The lowest BCUT2D eigenvalue weighted by atomic mass is 10.1. The van der Waals surface area contributed by atoms with Crippen LogP contribution in [0.15, 0.2) is 18.2 Å². The first kappa shape index (κ1) is 11.6. The van der Waals surface area contributed by atoms with Crippen LogP contribution in [-0.2, 0) is 17.9 Å². The molecule has 1 saturated carbocycles. The van der Waals surface area contributed by atoms with Crippen LogP contribution < -0.4 is 5.73 Å². The summed E-state index contributed by atoms with van der Waals surface area (Å²) < 4.78 is 19.2. The monoisotopic (exact) mass is 223 g/mol. The third kappa shape index (κ3) is 3.03. The molecule has 0 aromatic heterocycles. The van der Waals surface area contributed by atoms with Crippen molar-refractivity contribution >= 4 is 0 Å². The molecule has 0 amide bonds. The zero-order valence-electron chi connectivity index (χ0n) is 9.42. The first-order chi connectivity index (χ1) is 7.81. The minimum absolute atomic E-state index is 0.212. The van der Waals surface area contributed by atoms with E-state index >= 15 is 0 Å². The molecule has 2 rings (SSSR count). The van der Waals surface area contributed by atoms with Crippen molar-refractivity contribution in [3.8, 4) is 0 Å². The van der Waals surface area contributed by atoms with E-state index in [0.29, 0.717) is 17.7 Å². The zero-order chi connectivity index (χ0) is 11.4. The maximum absolute atomic E-state index is 13.7. The summed E-state index contributed by atoms with van der Waals surface area (Å²) in [6.07, 6.45) is 3.78. The molecule has 88 valence electrons. The van der Waals surface area contributed by atoms with E-state index in [2.05, 4.69) is 0 Å². The van der Waals surface area contributed by atoms with Gasteiger partial charge >= 0.3 is 0 Å². The fraction of sp³-hybridized carbons (Fsp3) is 0.538. The highest BCUT2D eigenvalue weighted by Gasteiger charge is 2.20. The largest absolute Gasteiger partial charge is 0.377 e. The molecule has 16 heavy (non-hydrogen) atoms. The second kappa shape index (κ2) is 5.41. The van der Waals surface area contributed by atoms with Crippen LogP contribution in [0.1, 0.15) is 30.4 Å². The molecule has 0 atom stereocenters. The Morgan fingerprint density at radius 1 is 1.31 bits per heavy atom. The molecule has 0 saturated heterocycles. The molecule has 1 aliphatic rings. The van der Waals surface area contributed by atoms with Gasteiger partial charge in [0.25, 0.3) is 0 Å². The highest BCUT2D eigenvalue weighted by atomic mass is 19.1. The lowest BCUT2D eigenvalue weighted by Crippen LogP contribution is -2.04. The normalized spacial score (nSPS) is 15.4. The van der Waals surface area contributed by atoms with Crippen LogP contribution in [0.2, 0.25) is 0 Å². The fourth-order valence-electron chi connectivity index (χ4n) is 1.74. The first-order valence-electron chi connectivity index (χ1n) is 5.85. The summed E-state index contributed by atoms with van der Waals surface area (Å²) in [6, 6.07) is 5.29. The third-order valence-electron chi connectivity index (χ3n) is 3.00. The number of hydrogen-bond donors (Lipinski definition) is 1. The van der Waals surface area contributed by atoms with Gasteiger partial charge < -0.3 is 10.5 Å². The molecule has 0 spiro atoms. The standard InChI is InChI=1S/C13H18FNO/c14-13-11(8-15)2-1-3-12(13)9-16-7-6-10-4-5-10/h1-3,10H,4-9,15H2. The van der Waals surface area contributed by atoms with Gasteiger partial charge in [0, 0.05) is 24.3 Å². The fourth-order valence-corrected chi connectivity index (χ4v) is 1.74. The van der Waals surface area contributed by atoms with Crippen LogP contribution in [0, 0.1) is 11.7 Å². The Labute approximate surface area is 95.6 Å². The Morgan fingerprint density at radius 3 is 2.75 bits per heavy atom. The van der Waals surface area contributed by atoms with Crippen LogP contribution >= 0.6 is 0 Å². The highest BCUT2D eigenvalue weighted by Crippen LogP contribution is 2.32. The number of hydrogen-bond acceptors (Lipinski definition) is 2. The van der Waals surface area contributed by atoms with E-state index in [4.69, 9.17) is 10.5 Å². The maximum atomic E-state index is 13.7. The second-order valence-corrected chi connectivity index (χ2v) is 4.38. The highest BCUT2D eigenvalue weighted by molar-refractivity contribution is 5.25. The minimum atomic E-state index is -0.212. The number of rotatable bonds is 6. The number of benzene rings is 1. The van der Waals surface area contributed by atoms with Gasteiger partial charge in [0.05, 0.1) is 6.61 Å². The van der Waals surface area contributed by atoms with Gasteiger partial charge in [-0.2, -0.15) is 0 Å². The van der Waals surface area contributed by atoms with E-state index in [9.17, 15) is 4.39 Å². The van der Waals surface area contributed by atoms with Crippen molar-refractivity contribution in [2.75, 3.05) is 6.61 Å². The molecular formula is C13H18FNO. The molecular weight excluding hydrogens is 205 g/mol. The molecule has 1 fully saturated rings. The summed E-state index contributed by atoms with van der Waals surface area (Å²) in [6.45, 7) is 1.32. The van der Waals surface area contributed by atoms with Gasteiger partial charge in [-0.3, -0.25) is 0 Å². The van der Waals surface area contributed by atoms with Gasteiger partial charge in [0.2, 0.25) is 0 Å². The lowest BCUT2D eigenvalue weighted by molar-refractivity contribution is 0.112. The minimum Gasteiger partial charge on any atom is -0.377 e. The average Bonchev–Trinajstić information content (AvgIpc) is 3.10. The third-order valence-corrected chi connectivity index (χ3v) is 3.00. The van der Waals surface area contributed by atoms with Crippen LogP contribution in [0.4, 0.5) is 4.39 Å². The quantitative estimate of drug-likeness (QED) is 0.752. The Hall–Kier alpha value is -0.930. The SMILES string of the molecule is NCc1cccc(COCCC2CC2)c1F. The van der Waals surface area contributed by atoms with Gasteiger partial charge in [-0.1, -0.05) is 31.0 Å². The Morgan fingerprint density at radius 2 is 2.06 bits per heavy atom. The Bertz CT molecular complexity index is 350. The summed E-state index contributed by atoms with van der Waals surface area (Å²) in [5.74, 6) is 0.650. The van der Waals surface area contributed by atoms with Crippen molar-refractivity contribution in [1.29, 1.82) is 0 Å². The maximum Gasteiger partial charge on any atom is 0.133 e. The molecule has 1 aliphatic carbocycles. The number of halogens is 1. The molecule has 1 aromatic carbocycles. The predicted molar refractivity (Wildman–Crippen MR) is 61.3 cm³/mol. The van der Waals surface area contributed by atoms with E-state index in [0.717, 1.165) is 18.9 Å². The average molecular weight is 223 g/mol. The van der Waals surface area contributed by atoms with Crippen molar-refractivity contribution in [2.24, 2.45) is 11.7 Å². The number of ether oxygens (including phenoxy) is 1. The van der Waals surface area contributed by atoms with Crippen molar-refractivity contribution in [3.05, 3.63) is 35.1 Å². The van der Waals surface area contributed by atoms with E-state index in [1.807, 2.05) is 6.07 Å². The lowest BCUT2D eigenvalue weighted by Gasteiger charge is -2.07. The van der Waals surface area contributed by atoms with Crippen molar-refractivity contribution < 1.29 is 9.13 Å². The second-order valence-electron chi connectivity index (χ2n) is 4.38. The molecule has 0 radical (unpaired) electrons. The van der Waals surface area contributed by atoms with Gasteiger partial charge in [0.1, 0.15) is 5.82 Å². The molecule has 2 nitrogen and oxygen atoms in total. The summed E-state index contributed by atoms with van der Waals surface area (Å²) >= 11 is 0. The summed E-state index contributed by atoms with van der Waals surface area (Å²) in [5.41, 5.74) is 6.61. The smallest absolute Gasteiger partial charge is 0.133 e. The van der Waals surface area contributed by atoms with Gasteiger partial charge in [-0.25, -0.2) is 4.39 Å². The van der Waals surface area contributed by atoms with Crippen molar-refractivity contribution in [2.45, 2.75) is 32.4 Å². The summed E-state index contributed by atoms with van der Waals surface area (Å²) in [5, 5.41) is 0. The van der Waals surface area contributed by atoms with Crippen molar-refractivity contribution in [3.63, 3.8) is 0 Å². The summed E-state index contributed by atoms with van der Waals surface area (Å²) in [4.78, 5) is 0. The van der Waals surface area contributed by atoms with Gasteiger partial charge in [-0.15, -0.1) is 0 Å². The van der Waals surface area contributed by atoms with Crippen LogP contribution in [0.25, 0.3) is 0 Å². The predicted octanol–water partition coefficient (Wildman–Crippen LogP) is 2.60. The van der Waals surface area contributed by atoms with E-state index in [1.165, 1.54) is 12.8 Å². The number of nitrogens with two attached hydrogens (primary N) is 1. The molecule has 0 heterocycles. The molecule has 0 unspecified atom stereocenters.